The van der Waals surface area contributed by atoms with Crippen LogP contribution in [0.3, 0.4) is 0 Å². The molecule has 0 amide bonds. The Kier molecular flexibility index (Phi) is 1.31. The Labute approximate surface area is 62.4 Å². The van der Waals surface area contributed by atoms with E-state index in [1.165, 1.54) is 32.1 Å². The fraction of sp³-hybridized carbons (Fsp3) is 1.00. The molecule has 2 rings (SSSR count). The van der Waals surface area contributed by atoms with Crippen molar-refractivity contribution in [3.63, 3.8) is 0 Å². The average Bonchev–Trinajstić information content (AvgIpc) is 2.65. The molecule has 0 spiro atoms. The molecule has 0 radical (unpaired) electrons. The summed E-state index contributed by atoms with van der Waals surface area (Å²) in [4.78, 5) is 0. The molecule has 0 aromatic heterocycles. The number of aliphatic hydroxyl groups is 1. The monoisotopic (exact) mass is 140 g/mol. The van der Waals surface area contributed by atoms with E-state index in [1.807, 2.05) is 6.92 Å². The third kappa shape index (κ3) is 1.07. The van der Waals surface area contributed by atoms with Crippen LogP contribution in [0.15, 0.2) is 0 Å². The Balaban J connectivity index is 1.87. The molecule has 2 saturated carbocycles. The molecular formula is C9H16O. The zero-order chi connectivity index (χ0) is 7.19. The molecule has 0 saturated heterocycles. The topological polar surface area (TPSA) is 20.2 Å². The van der Waals surface area contributed by atoms with E-state index >= 15 is 0 Å². The van der Waals surface area contributed by atoms with Gasteiger partial charge in [0.25, 0.3) is 0 Å². The van der Waals surface area contributed by atoms with Gasteiger partial charge in [-0.3, -0.25) is 0 Å². The minimum Gasteiger partial charge on any atom is -0.393 e. The first-order valence-corrected chi connectivity index (χ1v) is 4.41. The van der Waals surface area contributed by atoms with Gasteiger partial charge < -0.3 is 5.11 Å². The molecule has 0 aliphatic heterocycles. The van der Waals surface area contributed by atoms with E-state index in [0.717, 1.165) is 5.92 Å². The maximum atomic E-state index is 9.42. The summed E-state index contributed by atoms with van der Waals surface area (Å²) in [5.41, 5.74) is 0.390. The first-order chi connectivity index (χ1) is 4.73. The van der Waals surface area contributed by atoms with Crippen LogP contribution in [0.4, 0.5) is 0 Å². The molecule has 58 valence electrons. The highest BCUT2D eigenvalue weighted by molar-refractivity contribution is 5.00. The molecule has 2 aliphatic carbocycles. The van der Waals surface area contributed by atoms with Crippen molar-refractivity contribution in [1.82, 2.24) is 0 Å². The van der Waals surface area contributed by atoms with E-state index in [4.69, 9.17) is 0 Å². The predicted octanol–water partition coefficient (Wildman–Crippen LogP) is 1.95. The van der Waals surface area contributed by atoms with E-state index in [0.29, 0.717) is 5.41 Å². The van der Waals surface area contributed by atoms with Crippen LogP contribution in [0.1, 0.15) is 39.0 Å². The molecule has 2 aliphatic rings. The molecule has 1 atom stereocenters. The van der Waals surface area contributed by atoms with E-state index in [-0.39, 0.29) is 6.10 Å². The van der Waals surface area contributed by atoms with Crippen LogP contribution in [0.5, 0.6) is 0 Å². The van der Waals surface area contributed by atoms with Crippen LogP contribution in [0.2, 0.25) is 0 Å². The molecule has 1 heteroatoms. The van der Waals surface area contributed by atoms with Crippen LogP contribution < -0.4 is 0 Å². The second-order valence-corrected chi connectivity index (χ2v) is 4.19. The number of rotatable bonds is 3. The van der Waals surface area contributed by atoms with Crippen molar-refractivity contribution < 1.29 is 5.11 Å². The zero-order valence-corrected chi connectivity index (χ0v) is 6.64. The lowest BCUT2D eigenvalue weighted by atomic mass is 9.94. The van der Waals surface area contributed by atoms with Crippen molar-refractivity contribution in [3.8, 4) is 0 Å². The molecule has 2 fully saturated rings. The standard InChI is InChI=1S/C9H16O/c1-7(10)9(4-5-9)6-8-2-3-8/h7-8,10H,2-6H2,1H3. The van der Waals surface area contributed by atoms with E-state index in [2.05, 4.69) is 0 Å². The molecule has 1 nitrogen and oxygen atoms in total. The van der Waals surface area contributed by atoms with Crippen molar-refractivity contribution in [1.29, 1.82) is 0 Å². The Morgan fingerprint density at radius 3 is 2.40 bits per heavy atom. The maximum Gasteiger partial charge on any atom is 0.0568 e. The largest absolute Gasteiger partial charge is 0.393 e. The maximum absolute atomic E-state index is 9.42. The Hall–Kier alpha value is -0.0400. The van der Waals surface area contributed by atoms with Crippen molar-refractivity contribution in [2.75, 3.05) is 0 Å². The van der Waals surface area contributed by atoms with E-state index < -0.39 is 0 Å². The first kappa shape index (κ1) is 6.66. The summed E-state index contributed by atoms with van der Waals surface area (Å²) >= 11 is 0. The van der Waals surface area contributed by atoms with Crippen LogP contribution >= 0.6 is 0 Å². The van der Waals surface area contributed by atoms with Crippen molar-refractivity contribution in [3.05, 3.63) is 0 Å². The van der Waals surface area contributed by atoms with Gasteiger partial charge in [-0.25, -0.2) is 0 Å². The molecule has 0 bridgehead atoms. The third-order valence-electron chi connectivity index (χ3n) is 3.17. The summed E-state index contributed by atoms with van der Waals surface area (Å²) < 4.78 is 0. The lowest BCUT2D eigenvalue weighted by Gasteiger charge is -2.17. The van der Waals surface area contributed by atoms with Gasteiger partial charge >= 0.3 is 0 Å². The lowest BCUT2D eigenvalue weighted by Crippen LogP contribution is -2.18. The Morgan fingerprint density at radius 2 is 2.10 bits per heavy atom. The van der Waals surface area contributed by atoms with Gasteiger partial charge in [0.1, 0.15) is 0 Å². The number of aliphatic hydroxyl groups excluding tert-OH is 1. The van der Waals surface area contributed by atoms with Crippen LogP contribution in [0.25, 0.3) is 0 Å². The molecular weight excluding hydrogens is 124 g/mol. The first-order valence-electron chi connectivity index (χ1n) is 4.41. The van der Waals surface area contributed by atoms with Gasteiger partial charge in [0.2, 0.25) is 0 Å². The highest BCUT2D eigenvalue weighted by atomic mass is 16.3. The highest BCUT2D eigenvalue weighted by Gasteiger charge is 2.49. The summed E-state index contributed by atoms with van der Waals surface area (Å²) in [7, 11) is 0. The van der Waals surface area contributed by atoms with Gasteiger partial charge in [-0.1, -0.05) is 12.8 Å². The van der Waals surface area contributed by atoms with Gasteiger partial charge in [0.05, 0.1) is 6.10 Å². The summed E-state index contributed by atoms with van der Waals surface area (Å²) in [5, 5.41) is 9.42. The third-order valence-corrected chi connectivity index (χ3v) is 3.17. The summed E-state index contributed by atoms with van der Waals surface area (Å²) in [6.07, 6.45) is 6.67. The van der Waals surface area contributed by atoms with Crippen LogP contribution in [-0.4, -0.2) is 11.2 Å². The second-order valence-electron chi connectivity index (χ2n) is 4.19. The van der Waals surface area contributed by atoms with Crippen molar-refractivity contribution >= 4 is 0 Å². The fourth-order valence-corrected chi connectivity index (χ4v) is 1.85. The fourth-order valence-electron chi connectivity index (χ4n) is 1.85. The molecule has 0 aromatic rings. The average molecular weight is 140 g/mol. The van der Waals surface area contributed by atoms with Gasteiger partial charge in [-0.2, -0.15) is 0 Å². The van der Waals surface area contributed by atoms with E-state index in [1.54, 1.807) is 0 Å². The molecule has 1 unspecified atom stereocenters. The van der Waals surface area contributed by atoms with Crippen LogP contribution in [0, 0.1) is 11.3 Å². The molecule has 1 N–H and O–H groups in total. The minimum atomic E-state index is -0.0481. The van der Waals surface area contributed by atoms with E-state index in [9.17, 15) is 5.11 Å². The molecule has 0 aromatic carbocycles. The number of hydrogen-bond acceptors (Lipinski definition) is 1. The summed E-state index contributed by atoms with van der Waals surface area (Å²) in [6.45, 7) is 1.95. The Bertz CT molecular complexity index is 132. The quantitative estimate of drug-likeness (QED) is 0.635. The SMILES string of the molecule is CC(O)C1(CC2CC2)CC1. The van der Waals surface area contributed by atoms with Gasteiger partial charge in [-0.15, -0.1) is 0 Å². The second kappa shape index (κ2) is 1.97. The van der Waals surface area contributed by atoms with Crippen LogP contribution in [-0.2, 0) is 0 Å². The van der Waals surface area contributed by atoms with Crippen molar-refractivity contribution in [2.24, 2.45) is 11.3 Å². The normalized spacial score (nSPS) is 31.8. The lowest BCUT2D eigenvalue weighted by molar-refractivity contribution is 0.101. The van der Waals surface area contributed by atoms with Gasteiger partial charge in [0, 0.05) is 0 Å². The highest BCUT2D eigenvalue weighted by Crippen LogP contribution is 2.56. The Morgan fingerprint density at radius 1 is 1.50 bits per heavy atom. The predicted molar refractivity (Wildman–Crippen MR) is 40.7 cm³/mol. The smallest absolute Gasteiger partial charge is 0.0568 e. The zero-order valence-electron chi connectivity index (χ0n) is 6.64. The molecule has 0 heterocycles. The van der Waals surface area contributed by atoms with Crippen molar-refractivity contribution in [2.45, 2.75) is 45.1 Å². The van der Waals surface area contributed by atoms with Gasteiger partial charge in [-0.05, 0) is 37.5 Å². The van der Waals surface area contributed by atoms with Gasteiger partial charge in [0.15, 0.2) is 0 Å². The summed E-state index contributed by atoms with van der Waals surface area (Å²) in [6, 6.07) is 0. The summed E-state index contributed by atoms with van der Waals surface area (Å²) in [5.74, 6) is 0.983. The number of hydrogen-bond donors (Lipinski definition) is 1. The minimum absolute atomic E-state index is 0.0481. The molecule has 10 heavy (non-hydrogen) atoms.